The zero-order chi connectivity index (χ0) is 25.6. The van der Waals surface area contributed by atoms with Crippen molar-refractivity contribution in [3.05, 3.63) is 60.8 Å². The van der Waals surface area contributed by atoms with E-state index in [1.807, 2.05) is 20.2 Å². The number of nitrogens with zero attached hydrogens (tertiary/aromatic N) is 2. The van der Waals surface area contributed by atoms with E-state index in [2.05, 4.69) is 71.2 Å². The van der Waals surface area contributed by atoms with Crippen LogP contribution in [0, 0.1) is 0 Å². The normalized spacial score (nSPS) is 11.2. The first-order valence-corrected chi connectivity index (χ1v) is 11.8. The second-order valence-electron chi connectivity index (χ2n) is 8.99. The molecular weight excluding hydrogens is 452 g/mol. The molecule has 6 heteroatoms. The standard InChI is InChI=1S/C30H31N2O4/c1-31(2)19-10-8-18(9-11-19)27-21-12-13-22-20-14-15-25(33-4)29(35-6)24(20)17-32(3)28(22)23(21)16-26(34-5)30(27)36-7/h8-17H,1-7H3/q+1. The molecule has 1 aromatic heterocycles. The number of anilines is 1. The molecule has 0 spiro atoms. The van der Waals surface area contributed by atoms with E-state index < -0.39 is 0 Å². The first-order valence-electron chi connectivity index (χ1n) is 11.8. The van der Waals surface area contributed by atoms with E-state index in [1.165, 1.54) is 0 Å². The molecule has 1 heterocycles. The minimum absolute atomic E-state index is 0.691. The summed E-state index contributed by atoms with van der Waals surface area (Å²) in [6.45, 7) is 0. The fourth-order valence-electron chi connectivity index (χ4n) is 5.15. The lowest BCUT2D eigenvalue weighted by atomic mass is 9.93. The van der Waals surface area contributed by atoms with Gasteiger partial charge in [-0.1, -0.05) is 18.2 Å². The number of pyridine rings is 1. The van der Waals surface area contributed by atoms with E-state index in [-0.39, 0.29) is 0 Å². The summed E-state index contributed by atoms with van der Waals surface area (Å²) >= 11 is 0. The molecule has 0 aliphatic heterocycles. The van der Waals surface area contributed by atoms with Crippen molar-refractivity contribution in [3.63, 3.8) is 0 Å². The van der Waals surface area contributed by atoms with Gasteiger partial charge in [-0.05, 0) is 42.0 Å². The Hall–Kier alpha value is -4.19. The summed E-state index contributed by atoms with van der Waals surface area (Å²) in [5, 5.41) is 5.37. The molecule has 0 saturated carbocycles. The van der Waals surface area contributed by atoms with Crippen LogP contribution in [0.25, 0.3) is 43.6 Å². The van der Waals surface area contributed by atoms with Gasteiger partial charge in [-0.2, -0.15) is 4.57 Å². The molecule has 0 aliphatic rings. The van der Waals surface area contributed by atoms with Gasteiger partial charge >= 0.3 is 0 Å². The third-order valence-corrected chi connectivity index (χ3v) is 6.86. The summed E-state index contributed by atoms with van der Waals surface area (Å²) in [5.41, 5.74) is 4.30. The maximum atomic E-state index is 5.90. The minimum Gasteiger partial charge on any atom is -0.493 e. The zero-order valence-electron chi connectivity index (χ0n) is 21.8. The van der Waals surface area contributed by atoms with Crippen LogP contribution in [0.4, 0.5) is 5.69 Å². The molecule has 0 atom stereocenters. The maximum absolute atomic E-state index is 5.90. The van der Waals surface area contributed by atoms with Gasteiger partial charge in [0.15, 0.2) is 29.2 Å². The molecular formula is C30H31N2O4+. The molecule has 0 radical (unpaired) electrons. The Bertz CT molecular complexity index is 1610. The lowest BCUT2D eigenvalue weighted by molar-refractivity contribution is -0.642. The van der Waals surface area contributed by atoms with Crippen LogP contribution in [-0.4, -0.2) is 42.5 Å². The van der Waals surface area contributed by atoms with Crippen molar-refractivity contribution < 1.29 is 23.5 Å². The van der Waals surface area contributed by atoms with Gasteiger partial charge in [0.25, 0.3) is 0 Å². The van der Waals surface area contributed by atoms with E-state index in [4.69, 9.17) is 18.9 Å². The quantitative estimate of drug-likeness (QED) is 0.228. The SMILES string of the molecule is COc1cc2c(ccc3c4ccc(OC)c(OC)c4c[n+](C)c23)c(-c2ccc(N(C)C)cc2)c1OC. The van der Waals surface area contributed by atoms with Gasteiger partial charge in [0, 0.05) is 36.1 Å². The summed E-state index contributed by atoms with van der Waals surface area (Å²) in [6.07, 6.45) is 2.10. The van der Waals surface area contributed by atoms with Gasteiger partial charge in [0.2, 0.25) is 5.52 Å². The molecule has 6 nitrogen and oxygen atoms in total. The summed E-state index contributed by atoms with van der Waals surface area (Å²) in [6, 6.07) is 19.0. The highest BCUT2D eigenvalue weighted by molar-refractivity contribution is 6.18. The highest BCUT2D eigenvalue weighted by atomic mass is 16.5. The van der Waals surface area contributed by atoms with Crippen LogP contribution in [0.2, 0.25) is 0 Å². The number of methoxy groups -OCH3 is 4. The predicted octanol–water partition coefficient (Wildman–Crippen LogP) is 5.74. The van der Waals surface area contributed by atoms with Crippen LogP contribution in [0.3, 0.4) is 0 Å². The van der Waals surface area contributed by atoms with Crippen LogP contribution in [0.15, 0.2) is 60.8 Å². The second kappa shape index (κ2) is 9.11. The van der Waals surface area contributed by atoms with Crippen LogP contribution in [0.5, 0.6) is 23.0 Å². The highest BCUT2D eigenvalue weighted by Gasteiger charge is 2.24. The Morgan fingerprint density at radius 2 is 1.25 bits per heavy atom. The van der Waals surface area contributed by atoms with E-state index in [1.54, 1.807) is 28.4 Å². The topological polar surface area (TPSA) is 44.0 Å². The first-order chi connectivity index (χ1) is 17.4. The molecule has 36 heavy (non-hydrogen) atoms. The summed E-state index contributed by atoms with van der Waals surface area (Å²) in [4.78, 5) is 2.09. The average molecular weight is 484 g/mol. The minimum atomic E-state index is 0.691. The first kappa shape index (κ1) is 23.5. The summed E-state index contributed by atoms with van der Waals surface area (Å²) in [5.74, 6) is 2.84. The molecule has 0 amide bonds. The van der Waals surface area contributed by atoms with Crippen molar-refractivity contribution in [2.24, 2.45) is 7.05 Å². The average Bonchev–Trinajstić information content (AvgIpc) is 2.90. The summed E-state index contributed by atoms with van der Waals surface area (Å²) in [7, 11) is 12.8. The lowest BCUT2D eigenvalue weighted by Gasteiger charge is -2.18. The Morgan fingerprint density at radius 1 is 0.611 bits per heavy atom. The van der Waals surface area contributed by atoms with Crippen molar-refractivity contribution in [2.75, 3.05) is 47.4 Å². The molecule has 0 fully saturated rings. The number of ether oxygens (including phenoxy) is 4. The number of hydrogen-bond donors (Lipinski definition) is 0. The molecule has 4 aromatic carbocycles. The molecule has 0 unspecified atom stereocenters. The van der Waals surface area contributed by atoms with Crippen LogP contribution >= 0.6 is 0 Å². The van der Waals surface area contributed by atoms with Crippen molar-refractivity contribution in [2.45, 2.75) is 0 Å². The monoisotopic (exact) mass is 483 g/mol. The van der Waals surface area contributed by atoms with E-state index in [0.29, 0.717) is 11.5 Å². The molecule has 184 valence electrons. The van der Waals surface area contributed by atoms with E-state index in [9.17, 15) is 0 Å². The molecule has 0 bridgehead atoms. The number of aromatic nitrogens is 1. The number of aryl methyl sites for hydroxylation is 1. The van der Waals surface area contributed by atoms with Gasteiger partial charge in [-0.25, -0.2) is 0 Å². The van der Waals surface area contributed by atoms with Crippen LogP contribution in [0.1, 0.15) is 0 Å². The number of fused-ring (bicyclic) bond motifs is 5. The molecule has 0 aliphatic carbocycles. The lowest BCUT2D eigenvalue weighted by Crippen LogP contribution is -2.28. The second-order valence-corrected chi connectivity index (χ2v) is 8.99. The van der Waals surface area contributed by atoms with E-state index >= 15 is 0 Å². The molecule has 0 N–H and O–H groups in total. The summed E-state index contributed by atoms with van der Waals surface area (Å²) < 4.78 is 25.2. The zero-order valence-corrected chi connectivity index (χ0v) is 21.8. The Morgan fingerprint density at radius 3 is 1.86 bits per heavy atom. The van der Waals surface area contributed by atoms with Crippen molar-refractivity contribution >= 4 is 38.1 Å². The molecule has 5 aromatic rings. The number of rotatable bonds is 6. The third-order valence-electron chi connectivity index (χ3n) is 6.86. The van der Waals surface area contributed by atoms with Crippen LogP contribution in [-0.2, 0) is 7.05 Å². The molecule has 0 saturated heterocycles. The predicted molar refractivity (Wildman–Crippen MR) is 146 cm³/mol. The highest BCUT2D eigenvalue weighted by Crippen LogP contribution is 2.46. The van der Waals surface area contributed by atoms with Gasteiger partial charge < -0.3 is 23.8 Å². The van der Waals surface area contributed by atoms with Gasteiger partial charge in [-0.3, -0.25) is 0 Å². The smallest absolute Gasteiger partial charge is 0.220 e. The van der Waals surface area contributed by atoms with Crippen molar-refractivity contribution in [1.29, 1.82) is 0 Å². The largest absolute Gasteiger partial charge is 0.493 e. The van der Waals surface area contributed by atoms with Crippen molar-refractivity contribution in [1.82, 2.24) is 0 Å². The van der Waals surface area contributed by atoms with E-state index in [0.717, 1.165) is 60.8 Å². The van der Waals surface area contributed by atoms with Crippen LogP contribution < -0.4 is 28.4 Å². The van der Waals surface area contributed by atoms with Gasteiger partial charge in [-0.15, -0.1) is 0 Å². The van der Waals surface area contributed by atoms with Crippen molar-refractivity contribution in [3.8, 4) is 34.1 Å². The Balaban J connectivity index is 1.91. The Kier molecular flexibility index (Phi) is 5.96. The fraction of sp³-hybridized carbons (Fsp3) is 0.233. The van der Waals surface area contributed by atoms with Gasteiger partial charge in [0.05, 0.1) is 44.6 Å². The third kappa shape index (κ3) is 3.52. The molecule has 5 rings (SSSR count). The number of hydrogen-bond acceptors (Lipinski definition) is 5. The Labute approximate surface area is 211 Å². The van der Waals surface area contributed by atoms with Gasteiger partial charge in [0.1, 0.15) is 7.05 Å². The maximum Gasteiger partial charge on any atom is 0.220 e. The number of benzene rings is 4. The fourth-order valence-corrected chi connectivity index (χ4v) is 5.15.